The van der Waals surface area contributed by atoms with Crippen molar-refractivity contribution in [1.29, 1.82) is 0 Å². The fraction of sp³-hybridized carbons (Fsp3) is 0.917. The molecule has 1 heterocycles. The maximum atomic E-state index is 12.9. The quantitative estimate of drug-likeness (QED) is 0.614. The molecule has 1 aliphatic heterocycles. The van der Waals surface area contributed by atoms with Crippen molar-refractivity contribution in [3.05, 3.63) is 0 Å². The molecule has 0 N–H and O–H groups in total. The lowest BCUT2D eigenvalue weighted by Crippen LogP contribution is -2.58. The van der Waals surface area contributed by atoms with Crippen LogP contribution in [0.4, 0.5) is 0 Å². The Morgan fingerprint density at radius 1 is 0.931 bits per heavy atom. The lowest BCUT2D eigenvalue weighted by Gasteiger charge is -2.61. The van der Waals surface area contributed by atoms with Crippen molar-refractivity contribution < 1.29 is 14.3 Å². The van der Waals surface area contributed by atoms with Crippen LogP contribution in [-0.2, 0) is 14.3 Å². The maximum absolute atomic E-state index is 12.9. The normalized spacial score (nSPS) is 52.8. The van der Waals surface area contributed by atoms with Gasteiger partial charge >= 0.3 is 5.97 Å². The average molecular weight is 401 g/mol. The number of carbonyl (C=O) groups excluding carboxylic acids is 2. The van der Waals surface area contributed by atoms with E-state index in [2.05, 4.69) is 24.1 Å². The van der Waals surface area contributed by atoms with E-state index in [0.29, 0.717) is 29.1 Å². The Bertz CT molecular complexity index is 765. The van der Waals surface area contributed by atoms with Crippen LogP contribution in [0.25, 0.3) is 0 Å². The molecule has 4 aliphatic carbocycles. The molecule has 160 valence electrons. The molecular weight excluding hydrogens is 364 g/mol. The van der Waals surface area contributed by atoms with Gasteiger partial charge in [-0.25, -0.2) is 0 Å². The van der Waals surface area contributed by atoms with Gasteiger partial charge < -0.3 is 4.74 Å². The summed E-state index contributed by atoms with van der Waals surface area (Å²) < 4.78 is 5.60. The van der Waals surface area contributed by atoms with Crippen molar-refractivity contribution >= 4 is 11.8 Å². The van der Waals surface area contributed by atoms with Crippen molar-refractivity contribution in [2.45, 2.75) is 90.7 Å². The Hall–Kier alpha value is -1.26. The van der Waals surface area contributed by atoms with E-state index in [1.165, 1.54) is 32.6 Å². The largest absolute Gasteiger partial charge is 0.463 e. The fourth-order valence-electron chi connectivity index (χ4n) is 9.15. The van der Waals surface area contributed by atoms with E-state index < -0.39 is 5.54 Å². The number of fused-ring (bicyclic) bond motifs is 7. The van der Waals surface area contributed by atoms with E-state index in [0.717, 1.165) is 38.1 Å². The van der Waals surface area contributed by atoms with Crippen molar-refractivity contribution in [1.82, 2.24) is 0 Å². The first-order valence-electron chi connectivity index (χ1n) is 11.8. The molecule has 9 atom stereocenters. The van der Waals surface area contributed by atoms with Crippen LogP contribution in [0.5, 0.6) is 0 Å². The molecule has 0 spiro atoms. The van der Waals surface area contributed by atoms with Gasteiger partial charge in [0.1, 0.15) is 11.6 Å². The summed E-state index contributed by atoms with van der Waals surface area (Å²) in [5.74, 6) is 3.12. The van der Waals surface area contributed by atoms with Gasteiger partial charge in [0.15, 0.2) is 5.78 Å². The number of hydrogen-bond donors (Lipinski definition) is 0. The summed E-state index contributed by atoms with van der Waals surface area (Å²) in [5, 5.41) is 9.06. The zero-order valence-corrected chi connectivity index (χ0v) is 18.4. The lowest BCUT2D eigenvalue weighted by molar-refractivity contribution is -0.161. The van der Waals surface area contributed by atoms with Crippen molar-refractivity contribution in [2.75, 3.05) is 6.54 Å². The molecule has 4 fully saturated rings. The minimum absolute atomic E-state index is 0.0250. The molecule has 0 aromatic carbocycles. The van der Waals surface area contributed by atoms with Crippen molar-refractivity contribution in [3.63, 3.8) is 0 Å². The summed E-state index contributed by atoms with van der Waals surface area (Å²) >= 11 is 0. The first-order chi connectivity index (χ1) is 13.7. The molecule has 0 aromatic heterocycles. The summed E-state index contributed by atoms with van der Waals surface area (Å²) in [4.78, 5) is 24.3. The van der Waals surface area contributed by atoms with E-state index in [1.54, 1.807) is 6.92 Å². The number of nitrogens with zero attached hydrogens (tertiary/aromatic N) is 2. The second kappa shape index (κ2) is 6.37. The number of azo groups is 1. The molecule has 5 nitrogen and oxygen atoms in total. The Morgan fingerprint density at radius 2 is 1.72 bits per heavy atom. The lowest BCUT2D eigenvalue weighted by atomic mass is 9.44. The van der Waals surface area contributed by atoms with E-state index in [9.17, 15) is 9.59 Å². The highest BCUT2D eigenvalue weighted by Gasteiger charge is 2.71. The first-order valence-corrected chi connectivity index (χ1v) is 11.8. The molecule has 4 saturated carbocycles. The van der Waals surface area contributed by atoms with Gasteiger partial charge in [0, 0.05) is 18.3 Å². The molecule has 5 rings (SSSR count). The minimum Gasteiger partial charge on any atom is -0.463 e. The Kier molecular flexibility index (Phi) is 4.32. The summed E-state index contributed by atoms with van der Waals surface area (Å²) in [6.07, 6.45) is 9.26. The first kappa shape index (κ1) is 19.7. The predicted octanol–water partition coefficient (Wildman–Crippen LogP) is 4.98. The molecule has 0 aromatic rings. The number of hydrogen-bond acceptors (Lipinski definition) is 5. The average Bonchev–Trinajstić information content (AvgIpc) is 3.18. The third-order valence-electron chi connectivity index (χ3n) is 10.4. The number of rotatable bonds is 2. The van der Waals surface area contributed by atoms with Gasteiger partial charge in [0.2, 0.25) is 0 Å². The van der Waals surface area contributed by atoms with Crippen LogP contribution in [0.3, 0.4) is 0 Å². The third-order valence-corrected chi connectivity index (χ3v) is 10.4. The topological polar surface area (TPSA) is 68.1 Å². The van der Waals surface area contributed by atoms with Gasteiger partial charge in [0.05, 0.1) is 6.54 Å². The summed E-state index contributed by atoms with van der Waals surface area (Å²) in [6.45, 7) is 8.92. The van der Waals surface area contributed by atoms with Crippen molar-refractivity contribution in [3.8, 4) is 0 Å². The highest BCUT2D eigenvalue weighted by atomic mass is 16.5. The van der Waals surface area contributed by atoms with Gasteiger partial charge in [-0.3, -0.25) is 9.59 Å². The highest BCUT2D eigenvalue weighted by molar-refractivity contribution is 5.88. The maximum Gasteiger partial charge on any atom is 0.302 e. The molecule has 5 aliphatic rings. The fourth-order valence-corrected chi connectivity index (χ4v) is 9.15. The minimum atomic E-state index is -0.548. The van der Waals surface area contributed by atoms with Crippen LogP contribution in [0.2, 0.25) is 0 Å². The molecule has 0 radical (unpaired) electrons. The summed E-state index contributed by atoms with van der Waals surface area (Å²) in [7, 11) is 0. The van der Waals surface area contributed by atoms with Gasteiger partial charge in [-0.15, -0.1) is 0 Å². The van der Waals surface area contributed by atoms with Gasteiger partial charge in [-0.05, 0) is 87.4 Å². The highest BCUT2D eigenvalue weighted by Crippen LogP contribution is 2.71. The van der Waals surface area contributed by atoms with Crippen molar-refractivity contribution in [2.24, 2.45) is 50.6 Å². The number of ketones is 1. The Balaban J connectivity index is 1.42. The van der Waals surface area contributed by atoms with E-state index >= 15 is 0 Å². The number of Topliss-reactive ketones (excluding diaryl/α,β-unsaturated/α-hetero) is 1. The smallest absolute Gasteiger partial charge is 0.302 e. The molecular formula is C24H36N2O3. The van der Waals surface area contributed by atoms with E-state index in [-0.39, 0.29) is 23.3 Å². The Labute approximate surface area is 174 Å². The second-order valence-corrected chi connectivity index (χ2v) is 11.3. The predicted molar refractivity (Wildman–Crippen MR) is 109 cm³/mol. The van der Waals surface area contributed by atoms with Gasteiger partial charge in [-0.2, -0.15) is 10.2 Å². The summed E-state index contributed by atoms with van der Waals surface area (Å²) in [5.41, 5.74) is -0.223. The van der Waals surface area contributed by atoms with Gasteiger partial charge in [0.25, 0.3) is 0 Å². The zero-order chi connectivity index (χ0) is 20.6. The van der Waals surface area contributed by atoms with E-state index in [1.807, 2.05) is 0 Å². The van der Waals surface area contributed by atoms with Crippen LogP contribution < -0.4 is 0 Å². The molecule has 0 amide bonds. The molecule has 29 heavy (non-hydrogen) atoms. The standard InChI is InChI=1S/C24H36N2O3/c1-14(27)24-17(13-25-26-24)12-21-19-6-5-16-11-18(29-15(2)28)7-9-22(16,3)20(19)8-10-23(21,24)4/h16-21H,5-13H2,1-4H3/t16-,17-,18-,19-,20+,21+,22-,23-,24-/m0/s1. The monoisotopic (exact) mass is 400 g/mol. The number of carbonyl (C=O) groups is 2. The van der Waals surface area contributed by atoms with Crippen LogP contribution in [0, 0.1) is 40.4 Å². The third kappa shape index (κ3) is 2.45. The summed E-state index contributed by atoms with van der Waals surface area (Å²) in [6, 6.07) is 0. The van der Waals surface area contributed by atoms with Crippen LogP contribution in [0.1, 0.15) is 79.1 Å². The number of esters is 1. The molecule has 5 heteroatoms. The SMILES string of the molecule is CC(=O)O[C@H]1CC[C@@]2(C)[C@@H](CC[C@H]3[C@H]2CC[C@@]2(C)[C@@H]3C[C@H]3CN=N[C@@]32C(C)=O)C1. The Morgan fingerprint density at radius 3 is 2.45 bits per heavy atom. The van der Waals surface area contributed by atoms with Gasteiger partial charge in [-0.1, -0.05) is 13.8 Å². The number of ether oxygens (including phenoxy) is 1. The van der Waals surface area contributed by atoms with Crippen LogP contribution in [-0.4, -0.2) is 29.9 Å². The van der Waals surface area contributed by atoms with Crippen LogP contribution >= 0.6 is 0 Å². The van der Waals surface area contributed by atoms with Crippen LogP contribution in [0.15, 0.2) is 10.2 Å². The zero-order valence-electron chi connectivity index (χ0n) is 18.4. The second-order valence-electron chi connectivity index (χ2n) is 11.3. The van der Waals surface area contributed by atoms with E-state index in [4.69, 9.17) is 4.74 Å². The molecule has 0 bridgehead atoms. The molecule has 0 unspecified atom stereocenters. The molecule has 0 saturated heterocycles.